The largest absolute Gasteiger partial charge is 0.482 e. The van der Waals surface area contributed by atoms with E-state index in [-0.39, 0.29) is 24.9 Å². The Morgan fingerprint density at radius 1 is 0.789 bits per heavy atom. The number of carbonyl (C=O) groups is 2. The molecule has 4 rings (SSSR count). The number of nitrogens with one attached hydrogen (secondary N) is 1. The number of para-hydroxylation sites is 1. The Morgan fingerprint density at radius 2 is 1.39 bits per heavy atom. The molecular formula is C31H28ClFN2O3. The first-order valence-corrected chi connectivity index (χ1v) is 12.6. The number of ether oxygens (including phenoxy) is 1. The molecule has 4 aromatic rings. The number of benzene rings is 4. The minimum atomic E-state index is -0.839. The molecule has 0 aliphatic rings. The van der Waals surface area contributed by atoms with E-state index in [9.17, 15) is 14.0 Å². The molecule has 0 heterocycles. The van der Waals surface area contributed by atoms with Gasteiger partial charge in [0.15, 0.2) is 6.61 Å². The van der Waals surface area contributed by atoms with Crippen LogP contribution >= 0.6 is 11.6 Å². The van der Waals surface area contributed by atoms with E-state index in [0.29, 0.717) is 29.3 Å². The normalized spacial score (nSPS) is 11.4. The highest BCUT2D eigenvalue weighted by Gasteiger charge is 2.30. The van der Waals surface area contributed by atoms with Crippen LogP contribution in [0.15, 0.2) is 109 Å². The van der Waals surface area contributed by atoms with Crippen molar-refractivity contribution in [3.8, 4) is 5.75 Å². The minimum absolute atomic E-state index is 0.0985. The standard InChI is InChI=1S/C31H28ClFN2O3/c32-27-13-7-8-14-29(27)38-22-30(36)35(21-25-15-17-26(33)18-16-25)28(19-23-9-3-1-4-10-23)31(37)34-20-24-11-5-2-6-12-24/h1-18,28H,19-22H2,(H,34,37)/t28-/m1/s1. The third-order valence-electron chi connectivity index (χ3n) is 6.03. The Balaban J connectivity index is 1.61. The van der Waals surface area contributed by atoms with Crippen LogP contribution in [0.2, 0.25) is 5.02 Å². The summed E-state index contributed by atoms with van der Waals surface area (Å²) >= 11 is 6.20. The molecule has 0 spiro atoms. The molecule has 0 aliphatic heterocycles. The van der Waals surface area contributed by atoms with Crippen LogP contribution in [0.5, 0.6) is 5.75 Å². The Bertz CT molecular complexity index is 1330. The van der Waals surface area contributed by atoms with Gasteiger partial charge in [0.2, 0.25) is 5.91 Å². The van der Waals surface area contributed by atoms with Gasteiger partial charge in [-0.3, -0.25) is 9.59 Å². The molecule has 0 fully saturated rings. The molecule has 0 unspecified atom stereocenters. The average molecular weight is 531 g/mol. The predicted octanol–water partition coefficient (Wildman–Crippen LogP) is 5.81. The zero-order valence-electron chi connectivity index (χ0n) is 20.7. The molecular weight excluding hydrogens is 503 g/mol. The second kappa shape index (κ2) is 13.4. The van der Waals surface area contributed by atoms with Crippen molar-refractivity contribution in [3.63, 3.8) is 0 Å². The van der Waals surface area contributed by atoms with Gasteiger partial charge in [-0.15, -0.1) is 0 Å². The first-order valence-electron chi connectivity index (χ1n) is 12.3. The lowest BCUT2D eigenvalue weighted by Gasteiger charge is -2.31. The zero-order valence-corrected chi connectivity index (χ0v) is 21.5. The lowest BCUT2D eigenvalue weighted by molar-refractivity contribution is -0.142. The number of amides is 2. The van der Waals surface area contributed by atoms with E-state index >= 15 is 0 Å². The average Bonchev–Trinajstić information content (AvgIpc) is 2.95. The molecule has 0 aliphatic carbocycles. The lowest BCUT2D eigenvalue weighted by Crippen LogP contribution is -2.51. The van der Waals surface area contributed by atoms with Crippen LogP contribution in [0.25, 0.3) is 0 Å². The van der Waals surface area contributed by atoms with Crippen LogP contribution in [-0.4, -0.2) is 29.4 Å². The van der Waals surface area contributed by atoms with E-state index in [1.54, 1.807) is 36.4 Å². The molecule has 38 heavy (non-hydrogen) atoms. The molecule has 1 N–H and O–H groups in total. The van der Waals surface area contributed by atoms with Gasteiger partial charge in [0.1, 0.15) is 17.6 Å². The lowest BCUT2D eigenvalue weighted by atomic mass is 10.0. The van der Waals surface area contributed by atoms with Crippen molar-refractivity contribution in [2.45, 2.75) is 25.6 Å². The first kappa shape index (κ1) is 26.9. The van der Waals surface area contributed by atoms with E-state index in [0.717, 1.165) is 11.1 Å². The van der Waals surface area contributed by atoms with Gasteiger partial charge in [-0.1, -0.05) is 96.5 Å². The van der Waals surface area contributed by atoms with E-state index in [4.69, 9.17) is 16.3 Å². The third-order valence-corrected chi connectivity index (χ3v) is 6.35. The predicted molar refractivity (Wildman–Crippen MR) is 146 cm³/mol. The Labute approximate surface area is 226 Å². The van der Waals surface area contributed by atoms with Crippen molar-refractivity contribution in [2.24, 2.45) is 0 Å². The number of halogens is 2. The van der Waals surface area contributed by atoms with Crippen molar-refractivity contribution in [1.29, 1.82) is 0 Å². The number of carbonyl (C=O) groups excluding carboxylic acids is 2. The van der Waals surface area contributed by atoms with E-state index in [1.807, 2.05) is 60.7 Å². The van der Waals surface area contributed by atoms with Crippen molar-refractivity contribution in [2.75, 3.05) is 6.61 Å². The monoisotopic (exact) mass is 530 g/mol. The summed E-state index contributed by atoms with van der Waals surface area (Å²) in [6.07, 6.45) is 0.292. The molecule has 0 bridgehead atoms. The van der Waals surface area contributed by atoms with Gasteiger partial charge in [0.25, 0.3) is 5.91 Å². The zero-order chi connectivity index (χ0) is 26.7. The summed E-state index contributed by atoms with van der Waals surface area (Å²) in [4.78, 5) is 28.7. The molecule has 7 heteroatoms. The molecule has 4 aromatic carbocycles. The highest BCUT2D eigenvalue weighted by Crippen LogP contribution is 2.23. The fraction of sp³-hybridized carbons (Fsp3) is 0.161. The fourth-order valence-electron chi connectivity index (χ4n) is 4.03. The smallest absolute Gasteiger partial charge is 0.261 e. The maximum absolute atomic E-state index is 13.6. The van der Waals surface area contributed by atoms with Gasteiger partial charge in [0, 0.05) is 19.5 Å². The summed E-state index contributed by atoms with van der Waals surface area (Å²) in [6, 6.07) is 31.0. The topological polar surface area (TPSA) is 58.6 Å². The fourth-order valence-corrected chi connectivity index (χ4v) is 4.22. The number of hydrogen-bond donors (Lipinski definition) is 1. The number of hydrogen-bond acceptors (Lipinski definition) is 3. The van der Waals surface area contributed by atoms with Gasteiger partial charge >= 0.3 is 0 Å². The number of nitrogens with zero attached hydrogens (tertiary/aromatic N) is 1. The van der Waals surface area contributed by atoms with Gasteiger partial charge in [0.05, 0.1) is 5.02 Å². The summed E-state index contributed by atoms with van der Waals surface area (Å²) in [5.74, 6) is -0.705. The summed E-state index contributed by atoms with van der Waals surface area (Å²) in [5.41, 5.74) is 2.53. The molecule has 2 amide bonds. The molecule has 194 valence electrons. The van der Waals surface area contributed by atoms with Crippen LogP contribution in [0.3, 0.4) is 0 Å². The summed E-state index contributed by atoms with van der Waals surface area (Å²) in [5, 5.41) is 3.36. The summed E-state index contributed by atoms with van der Waals surface area (Å²) < 4.78 is 19.3. The first-order chi connectivity index (χ1) is 18.5. The van der Waals surface area contributed by atoms with Crippen LogP contribution in [-0.2, 0) is 29.1 Å². The van der Waals surface area contributed by atoms with Gasteiger partial charge in [-0.05, 0) is 41.0 Å². The molecule has 0 radical (unpaired) electrons. The van der Waals surface area contributed by atoms with Gasteiger partial charge in [-0.25, -0.2) is 4.39 Å². The quantitative estimate of drug-likeness (QED) is 0.266. The third kappa shape index (κ3) is 7.67. The molecule has 0 saturated carbocycles. The van der Waals surface area contributed by atoms with E-state index < -0.39 is 11.9 Å². The van der Waals surface area contributed by atoms with Crippen molar-refractivity contribution in [3.05, 3.63) is 137 Å². The van der Waals surface area contributed by atoms with Crippen LogP contribution in [0.1, 0.15) is 16.7 Å². The Kier molecular flexibility index (Phi) is 9.48. The van der Waals surface area contributed by atoms with Crippen LogP contribution < -0.4 is 10.1 Å². The molecule has 5 nitrogen and oxygen atoms in total. The SMILES string of the molecule is O=C(NCc1ccccc1)[C@@H](Cc1ccccc1)N(Cc1ccc(F)cc1)C(=O)COc1ccccc1Cl. The second-order valence-electron chi connectivity index (χ2n) is 8.78. The second-order valence-corrected chi connectivity index (χ2v) is 9.18. The van der Waals surface area contributed by atoms with E-state index in [1.165, 1.54) is 17.0 Å². The van der Waals surface area contributed by atoms with Crippen molar-refractivity contribution < 1.29 is 18.7 Å². The van der Waals surface area contributed by atoms with Gasteiger partial charge in [-0.2, -0.15) is 0 Å². The Hall–Kier alpha value is -4.16. The minimum Gasteiger partial charge on any atom is -0.482 e. The highest BCUT2D eigenvalue weighted by molar-refractivity contribution is 6.32. The van der Waals surface area contributed by atoms with Crippen molar-refractivity contribution >= 4 is 23.4 Å². The maximum Gasteiger partial charge on any atom is 0.261 e. The molecule has 1 atom stereocenters. The maximum atomic E-state index is 13.6. The molecule has 0 aromatic heterocycles. The van der Waals surface area contributed by atoms with Crippen LogP contribution in [0.4, 0.5) is 4.39 Å². The summed E-state index contributed by atoms with van der Waals surface area (Å²) in [6.45, 7) is 0.100. The number of rotatable bonds is 11. The van der Waals surface area contributed by atoms with Crippen molar-refractivity contribution in [1.82, 2.24) is 10.2 Å². The summed E-state index contributed by atoms with van der Waals surface area (Å²) in [7, 11) is 0. The highest BCUT2D eigenvalue weighted by atomic mass is 35.5. The van der Waals surface area contributed by atoms with Crippen LogP contribution in [0, 0.1) is 5.82 Å². The van der Waals surface area contributed by atoms with E-state index in [2.05, 4.69) is 5.32 Å². The Morgan fingerprint density at radius 3 is 2.05 bits per heavy atom. The molecule has 0 saturated heterocycles. The van der Waals surface area contributed by atoms with Gasteiger partial charge < -0.3 is 15.0 Å².